The Labute approximate surface area is 87.9 Å². The van der Waals surface area contributed by atoms with E-state index in [1.807, 2.05) is 12.3 Å². The van der Waals surface area contributed by atoms with Gasteiger partial charge >= 0.3 is 0 Å². The maximum atomic E-state index is 9.04. The number of hydrogen-bond donors (Lipinski definition) is 2. The van der Waals surface area contributed by atoms with E-state index in [0.717, 1.165) is 5.01 Å². The SMILES string of the molecule is COCC(CO)NC(C)c1nccs1. The number of rotatable bonds is 6. The number of ether oxygens (including phenoxy) is 1. The summed E-state index contributed by atoms with van der Waals surface area (Å²) in [7, 11) is 1.62. The number of hydrogen-bond acceptors (Lipinski definition) is 5. The second kappa shape index (κ2) is 6.08. The van der Waals surface area contributed by atoms with Crippen LogP contribution in [0.2, 0.25) is 0 Å². The molecule has 0 aliphatic carbocycles. The first-order valence-electron chi connectivity index (χ1n) is 4.53. The summed E-state index contributed by atoms with van der Waals surface area (Å²) in [6.07, 6.45) is 1.78. The van der Waals surface area contributed by atoms with Gasteiger partial charge in [0.1, 0.15) is 5.01 Å². The Bertz CT molecular complexity index is 241. The van der Waals surface area contributed by atoms with Crippen molar-refractivity contribution in [3.8, 4) is 0 Å². The van der Waals surface area contributed by atoms with E-state index in [4.69, 9.17) is 9.84 Å². The summed E-state index contributed by atoms with van der Waals surface area (Å²) in [5.41, 5.74) is 0. The fourth-order valence-electron chi connectivity index (χ4n) is 1.23. The molecule has 0 aliphatic rings. The highest BCUT2D eigenvalue weighted by molar-refractivity contribution is 7.09. The highest BCUT2D eigenvalue weighted by Crippen LogP contribution is 2.15. The summed E-state index contributed by atoms with van der Waals surface area (Å²) < 4.78 is 4.97. The van der Waals surface area contributed by atoms with E-state index >= 15 is 0 Å². The quantitative estimate of drug-likeness (QED) is 0.738. The van der Waals surface area contributed by atoms with Crippen LogP contribution in [-0.2, 0) is 4.74 Å². The summed E-state index contributed by atoms with van der Waals surface area (Å²) in [4.78, 5) is 4.20. The Morgan fingerprint density at radius 2 is 2.50 bits per heavy atom. The Hall–Kier alpha value is -0.490. The van der Waals surface area contributed by atoms with Gasteiger partial charge in [0.05, 0.1) is 25.3 Å². The van der Waals surface area contributed by atoms with Crippen molar-refractivity contribution in [2.24, 2.45) is 0 Å². The minimum atomic E-state index is -0.0288. The summed E-state index contributed by atoms with van der Waals surface area (Å²) >= 11 is 1.61. The van der Waals surface area contributed by atoms with Crippen molar-refractivity contribution in [2.75, 3.05) is 20.3 Å². The van der Waals surface area contributed by atoms with Gasteiger partial charge in [-0.2, -0.15) is 0 Å². The monoisotopic (exact) mass is 216 g/mol. The van der Waals surface area contributed by atoms with Gasteiger partial charge in [0.25, 0.3) is 0 Å². The van der Waals surface area contributed by atoms with Crippen molar-refractivity contribution >= 4 is 11.3 Å². The summed E-state index contributed by atoms with van der Waals surface area (Å²) in [6.45, 7) is 2.60. The lowest BCUT2D eigenvalue weighted by Gasteiger charge is -2.19. The first kappa shape index (κ1) is 11.6. The predicted octanol–water partition coefficient (Wildman–Crippen LogP) is 0.801. The second-order valence-corrected chi connectivity index (χ2v) is 4.02. The van der Waals surface area contributed by atoms with Gasteiger partial charge in [0.2, 0.25) is 0 Å². The van der Waals surface area contributed by atoms with Crippen LogP contribution < -0.4 is 5.32 Å². The van der Waals surface area contributed by atoms with Gasteiger partial charge in [-0.15, -0.1) is 11.3 Å². The fraction of sp³-hybridized carbons (Fsp3) is 0.667. The standard InChI is InChI=1S/C9H16N2O2S/c1-7(9-10-3-4-14-9)11-8(5-12)6-13-2/h3-4,7-8,11-12H,5-6H2,1-2H3. The molecule has 2 atom stereocenters. The largest absolute Gasteiger partial charge is 0.395 e. The van der Waals surface area contributed by atoms with Gasteiger partial charge in [-0.3, -0.25) is 0 Å². The third kappa shape index (κ3) is 3.34. The molecule has 0 spiro atoms. The van der Waals surface area contributed by atoms with Crippen LogP contribution in [0.5, 0.6) is 0 Å². The zero-order valence-electron chi connectivity index (χ0n) is 8.43. The Morgan fingerprint density at radius 1 is 1.71 bits per heavy atom. The molecule has 1 heterocycles. The van der Waals surface area contributed by atoms with Gasteiger partial charge in [-0.1, -0.05) is 0 Å². The molecule has 0 amide bonds. The number of methoxy groups -OCH3 is 1. The normalized spacial score (nSPS) is 15.4. The van der Waals surface area contributed by atoms with Crippen molar-refractivity contribution < 1.29 is 9.84 Å². The molecular weight excluding hydrogens is 200 g/mol. The van der Waals surface area contributed by atoms with Gasteiger partial charge in [-0.05, 0) is 6.92 Å². The molecule has 80 valence electrons. The maximum absolute atomic E-state index is 9.04. The van der Waals surface area contributed by atoms with Crippen LogP contribution in [0.1, 0.15) is 18.0 Å². The average Bonchev–Trinajstić information content (AvgIpc) is 2.69. The highest BCUT2D eigenvalue weighted by atomic mass is 32.1. The molecule has 0 aromatic carbocycles. The smallest absolute Gasteiger partial charge is 0.109 e. The molecular formula is C9H16N2O2S. The molecule has 0 bridgehead atoms. The molecule has 0 aliphatic heterocycles. The molecule has 2 unspecified atom stereocenters. The first-order chi connectivity index (χ1) is 6.77. The van der Waals surface area contributed by atoms with Crippen LogP contribution in [0.4, 0.5) is 0 Å². The van der Waals surface area contributed by atoms with E-state index in [9.17, 15) is 0 Å². The predicted molar refractivity (Wildman–Crippen MR) is 56.4 cm³/mol. The van der Waals surface area contributed by atoms with Crippen LogP contribution in [0.25, 0.3) is 0 Å². The molecule has 1 aromatic rings. The molecule has 14 heavy (non-hydrogen) atoms. The number of nitrogens with zero attached hydrogens (tertiary/aromatic N) is 1. The fourth-order valence-corrected chi connectivity index (χ4v) is 1.88. The summed E-state index contributed by atoms with van der Waals surface area (Å²) in [5, 5.41) is 15.3. The van der Waals surface area contributed by atoms with Crippen molar-refractivity contribution in [2.45, 2.75) is 19.0 Å². The van der Waals surface area contributed by atoms with Crippen LogP contribution >= 0.6 is 11.3 Å². The number of aromatic nitrogens is 1. The molecule has 0 fully saturated rings. The molecule has 1 rings (SSSR count). The van der Waals surface area contributed by atoms with E-state index in [1.54, 1.807) is 24.6 Å². The van der Waals surface area contributed by atoms with Crippen LogP contribution in [0.3, 0.4) is 0 Å². The zero-order valence-corrected chi connectivity index (χ0v) is 9.25. The lowest BCUT2D eigenvalue weighted by Crippen LogP contribution is -2.38. The topological polar surface area (TPSA) is 54.4 Å². The zero-order chi connectivity index (χ0) is 10.4. The molecule has 1 aromatic heterocycles. The van der Waals surface area contributed by atoms with Gasteiger partial charge in [0, 0.05) is 18.7 Å². The summed E-state index contributed by atoms with van der Waals surface area (Å²) in [5.74, 6) is 0. The minimum Gasteiger partial charge on any atom is -0.395 e. The second-order valence-electron chi connectivity index (χ2n) is 3.09. The van der Waals surface area contributed by atoms with Gasteiger partial charge < -0.3 is 15.2 Å². The van der Waals surface area contributed by atoms with E-state index in [1.165, 1.54) is 0 Å². The van der Waals surface area contributed by atoms with E-state index < -0.39 is 0 Å². The van der Waals surface area contributed by atoms with Crippen LogP contribution in [0, 0.1) is 0 Å². The Balaban J connectivity index is 2.42. The van der Waals surface area contributed by atoms with Gasteiger partial charge in [-0.25, -0.2) is 4.98 Å². The number of aliphatic hydroxyl groups excluding tert-OH is 1. The molecule has 4 nitrogen and oxygen atoms in total. The van der Waals surface area contributed by atoms with Crippen molar-refractivity contribution in [3.63, 3.8) is 0 Å². The average molecular weight is 216 g/mol. The third-order valence-corrected chi connectivity index (χ3v) is 2.85. The lowest BCUT2D eigenvalue weighted by molar-refractivity contribution is 0.123. The van der Waals surface area contributed by atoms with Crippen molar-refractivity contribution in [1.82, 2.24) is 10.3 Å². The maximum Gasteiger partial charge on any atom is 0.109 e. The van der Waals surface area contributed by atoms with Crippen LogP contribution in [0.15, 0.2) is 11.6 Å². The van der Waals surface area contributed by atoms with E-state index in [0.29, 0.717) is 6.61 Å². The highest BCUT2D eigenvalue weighted by Gasteiger charge is 2.13. The lowest BCUT2D eigenvalue weighted by atomic mass is 10.2. The van der Waals surface area contributed by atoms with Crippen LogP contribution in [-0.4, -0.2) is 36.5 Å². The number of aliphatic hydroxyl groups is 1. The van der Waals surface area contributed by atoms with Gasteiger partial charge in [0.15, 0.2) is 0 Å². The molecule has 0 saturated carbocycles. The van der Waals surface area contributed by atoms with Crippen molar-refractivity contribution in [1.29, 1.82) is 0 Å². The molecule has 0 saturated heterocycles. The summed E-state index contributed by atoms with van der Waals surface area (Å²) in [6, 6.07) is 0.126. The Morgan fingerprint density at radius 3 is 3.00 bits per heavy atom. The third-order valence-electron chi connectivity index (χ3n) is 1.90. The van der Waals surface area contributed by atoms with E-state index in [-0.39, 0.29) is 18.7 Å². The molecule has 5 heteroatoms. The van der Waals surface area contributed by atoms with Crippen molar-refractivity contribution in [3.05, 3.63) is 16.6 Å². The number of thiazole rings is 1. The number of nitrogens with one attached hydrogen (secondary N) is 1. The first-order valence-corrected chi connectivity index (χ1v) is 5.41. The minimum absolute atomic E-state index is 0.0288. The van der Waals surface area contributed by atoms with E-state index in [2.05, 4.69) is 10.3 Å². The Kier molecular flexibility index (Phi) is 5.03. The molecule has 2 N–H and O–H groups in total. The molecule has 0 radical (unpaired) electrons.